The Morgan fingerprint density at radius 2 is 1.72 bits per heavy atom. The largest absolute Gasteiger partial charge is 0.460 e. The molecule has 184 valence electrons. The van der Waals surface area contributed by atoms with Crippen LogP contribution >= 0.6 is 11.3 Å². The van der Waals surface area contributed by atoms with Crippen LogP contribution in [0.4, 0.5) is 0 Å². The molecular weight excluding hydrogens is 474 g/mol. The Kier molecular flexibility index (Phi) is 6.70. The van der Waals surface area contributed by atoms with E-state index in [1.54, 1.807) is 11.3 Å². The van der Waals surface area contributed by atoms with Gasteiger partial charge in [-0.3, -0.25) is 9.80 Å². The van der Waals surface area contributed by atoms with Crippen LogP contribution in [0.15, 0.2) is 70.6 Å². The number of hydrogen-bond acceptors (Lipinski definition) is 10. The third kappa shape index (κ3) is 5.46. The van der Waals surface area contributed by atoms with E-state index < -0.39 is 0 Å². The fourth-order valence-electron chi connectivity index (χ4n) is 4.34. The average Bonchev–Trinajstić information content (AvgIpc) is 3.60. The van der Waals surface area contributed by atoms with Crippen LogP contribution in [0.2, 0.25) is 0 Å². The second-order valence-corrected chi connectivity index (χ2v) is 9.96. The van der Waals surface area contributed by atoms with Crippen molar-refractivity contribution in [2.24, 2.45) is 4.99 Å². The van der Waals surface area contributed by atoms with E-state index in [4.69, 9.17) is 14.2 Å². The number of nitrogens with one attached hydrogen (secondary N) is 1. The summed E-state index contributed by atoms with van der Waals surface area (Å²) in [6.45, 7) is 6.80. The Bertz CT molecular complexity index is 1320. The molecule has 9 nitrogen and oxygen atoms in total. The lowest BCUT2D eigenvalue weighted by Crippen LogP contribution is -2.45. The first kappa shape index (κ1) is 22.8. The van der Waals surface area contributed by atoms with Gasteiger partial charge in [-0.2, -0.15) is 4.98 Å². The fraction of sp³-hybridized carbons (Fsp3) is 0.308. The summed E-state index contributed by atoms with van der Waals surface area (Å²) in [5.74, 6) is 0.750. The number of aromatic nitrogens is 3. The first-order valence-corrected chi connectivity index (χ1v) is 12.9. The topological polar surface area (TPSA) is 91.9 Å². The Labute approximate surface area is 213 Å². The quantitative estimate of drug-likeness (QED) is 0.411. The lowest BCUT2D eigenvalue weighted by Gasteiger charge is -2.34. The predicted octanol–water partition coefficient (Wildman–Crippen LogP) is 3.51. The maximum Gasteiger partial charge on any atom is 0.289 e. The first-order chi connectivity index (χ1) is 17.8. The van der Waals surface area contributed by atoms with Gasteiger partial charge in [0.2, 0.25) is 6.39 Å². The molecule has 0 unspecified atom stereocenters. The molecule has 0 amide bonds. The second-order valence-electron chi connectivity index (χ2n) is 8.93. The van der Waals surface area contributed by atoms with Crippen molar-refractivity contribution in [3.8, 4) is 0 Å². The fourth-order valence-corrected chi connectivity index (χ4v) is 5.31. The van der Waals surface area contributed by atoms with E-state index in [1.165, 1.54) is 16.7 Å². The molecule has 1 fully saturated rings. The molecule has 2 aliphatic heterocycles. The van der Waals surface area contributed by atoms with Gasteiger partial charge in [0.15, 0.2) is 5.82 Å². The Morgan fingerprint density at radius 3 is 2.44 bits per heavy atom. The SMILES string of the molecule is C1=C(c2nc3ccccc3s2)CN=C(OCc2ccc(CN3CCN(Cc4ncon4)CC3)cc2)N1. The van der Waals surface area contributed by atoms with Gasteiger partial charge in [0.05, 0.1) is 23.3 Å². The smallest absolute Gasteiger partial charge is 0.289 e. The van der Waals surface area contributed by atoms with Crippen LogP contribution < -0.4 is 5.32 Å². The molecule has 6 rings (SSSR count). The second kappa shape index (κ2) is 10.6. The zero-order valence-corrected chi connectivity index (χ0v) is 20.7. The lowest BCUT2D eigenvalue weighted by molar-refractivity contribution is 0.119. The van der Waals surface area contributed by atoms with Crippen molar-refractivity contribution in [3.63, 3.8) is 0 Å². The molecule has 0 atom stereocenters. The molecule has 4 aromatic rings. The highest BCUT2D eigenvalue weighted by Crippen LogP contribution is 2.27. The van der Waals surface area contributed by atoms with E-state index in [2.05, 4.69) is 60.6 Å². The molecule has 4 heterocycles. The van der Waals surface area contributed by atoms with E-state index in [0.717, 1.165) is 66.8 Å². The number of piperazine rings is 1. The minimum Gasteiger partial charge on any atom is -0.460 e. The van der Waals surface area contributed by atoms with E-state index >= 15 is 0 Å². The molecule has 1 N–H and O–H groups in total. The van der Waals surface area contributed by atoms with Crippen molar-refractivity contribution in [1.82, 2.24) is 30.2 Å². The molecule has 36 heavy (non-hydrogen) atoms. The maximum absolute atomic E-state index is 5.90. The molecule has 2 aromatic carbocycles. The molecule has 0 radical (unpaired) electrons. The standard InChI is InChI=1S/C26H27N7O2S/c1-2-4-23-22(3-1)30-25(36-23)21-13-27-26(28-14-21)34-17-20-7-5-19(6-8-20)15-32-9-11-33(12-10-32)16-24-29-18-35-31-24/h1-8,13,18H,9-12,14-17H2,(H,27,28). The third-order valence-electron chi connectivity index (χ3n) is 6.37. The zero-order valence-electron chi connectivity index (χ0n) is 19.8. The number of ether oxygens (including phenoxy) is 1. The van der Waals surface area contributed by atoms with E-state index in [0.29, 0.717) is 19.2 Å². The van der Waals surface area contributed by atoms with Crippen LogP contribution in [-0.2, 0) is 24.4 Å². The van der Waals surface area contributed by atoms with Crippen LogP contribution in [0.1, 0.15) is 22.0 Å². The molecule has 2 aliphatic rings. The van der Waals surface area contributed by atoms with Crippen molar-refractivity contribution in [2.45, 2.75) is 19.7 Å². The monoisotopic (exact) mass is 501 g/mol. The molecule has 0 aliphatic carbocycles. The number of hydrogen-bond donors (Lipinski definition) is 1. The summed E-state index contributed by atoms with van der Waals surface area (Å²) in [7, 11) is 0. The summed E-state index contributed by atoms with van der Waals surface area (Å²) in [4.78, 5) is 18.2. The van der Waals surface area contributed by atoms with Crippen LogP contribution in [0.25, 0.3) is 15.8 Å². The van der Waals surface area contributed by atoms with Gasteiger partial charge < -0.3 is 14.6 Å². The number of nitrogens with zero attached hydrogens (tertiary/aromatic N) is 6. The van der Waals surface area contributed by atoms with Gasteiger partial charge in [-0.25, -0.2) is 9.98 Å². The highest BCUT2D eigenvalue weighted by Gasteiger charge is 2.18. The van der Waals surface area contributed by atoms with E-state index in [1.807, 2.05) is 24.4 Å². The van der Waals surface area contributed by atoms with Crippen molar-refractivity contribution in [1.29, 1.82) is 0 Å². The molecule has 1 saturated heterocycles. The van der Waals surface area contributed by atoms with Gasteiger partial charge in [0, 0.05) is 44.5 Å². The lowest BCUT2D eigenvalue weighted by atomic mass is 10.1. The summed E-state index contributed by atoms with van der Waals surface area (Å²) < 4.78 is 11.9. The van der Waals surface area contributed by atoms with Gasteiger partial charge in [0.25, 0.3) is 6.02 Å². The number of rotatable bonds is 7. The molecule has 0 spiro atoms. The third-order valence-corrected chi connectivity index (χ3v) is 7.49. The molecule has 2 aromatic heterocycles. The van der Waals surface area contributed by atoms with Crippen LogP contribution in [0, 0.1) is 0 Å². The molecule has 0 bridgehead atoms. The Balaban J connectivity index is 0.948. The van der Waals surface area contributed by atoms with E-state index in [-0.39, 0.29) is 0 Å². The summed E-state index contributed by atoms with van der Waals surface area (Å²) in [6, 6.07) is 17.4. The maximum atomic E-state index is 5.90. The van der Waals surface area contributed by atoms with Gasteiger partial charge in [-0.1, -0.05) is 41.6 Å². The minimum absolute atomic E-state index is 0.477. The molecule has 10 heteroatoms. The first-order valence-electron chi connectivity index (χ1n) is 12.0. The van der Waals surface area contributed by atoms with Crippen molar-refractivity contribution in [2.75, 3.05) is 32.7 Å². The Morgan fingerprint density at radius 1 is 0.944 bits per heavy atom. The number of thiazole rings is 1. The number of benzene rings is 2. The van der Waals surface area contributed by atoms with E-state index in [9.17, 15) is 0 Å². The predicted molar refractivity (Wildman–Crippen MR) is 139 cm³/mol. The summed E-state index contributed by atoms with van der Waals surface area (Å²) in [6.07, 6.45) is 3.34. The number of aliphatic imine (C=N–C) groups is 1. The van der Waals surface area contributed by atoms with Gasteiger partial charge in [0.1, 0.15) is 11.6 Å². The average molecular weight is 502 g/mol. The molecular formula is C26H27N7O2S. The number of amidine groups is 1. The summed E-state index contributed by atoms with van der Waals surface area (Å²) in [5.41, 5.74) is 4.52. The Hall–Kier alpha value is -3.60. The highest BCUT2D eigenvalue weighted by atomic mass is 32.1. The minimum atomic E-state index is 0.477. The summed E-state index contributed by atoms with van der Waals surface area (Å²) in [5, 5.41) is 8.08. The van der Waals surface area contributed by atoms with Crippen LogP contribution in [0.5, 0.6) is 0 Å². The van der Waals surface area contributed by atoms with Crippen LogP contribution in [0.3, 0.4) is 0 Å². The van der Waals surface area contributed by atoms with Gasteiger partial charge in [-0.15, -0.1) is 11.3 Å². The highest BCUT2D eigenvalue weighted by molar-refractivity contribution is 7.19. The van der Waals surface area contributed by atoms with Crippen molar-refractivity contribution >= 4 is 33.1 Å². The molecule has 0 saturated carbocycles. The van der Waals surface area contributed by atoms with Crippen molar-refractivity contribution in [3.05, 3.63) is 83.1 Å². The van der Waals surface area contributed by atoms with Gasteiger partial charge >= 0.3 is 0 Å². The number of para-hydroxylation sites is 1. The normalized spacial score (nSPS) is 17.0. The van der Waals surface area contributed by atoms with Gasteiger partial charge in [-0.05, 0) is 23.3 Å². The summed E-state index contributed by atoms with van der Waals surface area (Å²) >= 11 is 1.69. The van der Waals surface area contributed by atoms with Crippen LogP contribution in [-0.4, -0.2) is 63.7 Å². The van der Waals surface area contributed by atoms with Crippen molar-refractivity contribution < 1.29 is 9.26 Å². The number of fused-ring (bicyclic) bond motifs is 1. The zero-order chi connectivity index (χ0) is 24.2.